The van der Waals surface area contributed by atoms with Crippen molar-refractivity contribution in [3.05, 3.63) is 58.7 Å². The summed E-state index contributed by atoms with van der Waals surface area (Å²) in [6, 6.07) is 12.8. The minimum absolute atomic E-state index is 0.253. The normalized spacial score (nSPS) is 10.1. The van der Waals surface area contributed by atoms with Crippen LogP contribution in [-0.4, -0.2) is 17.6 Å². The number of carbonyl (C=O) groups excluding carboxylic acids is 1. The van der Waals surface area contributed by atoms with Crippen LogP contribution < -0.4 is 10.6 Å². The molecule has 0 bridgehead atoms. The molecule has 0 fully saturated rings. The predicted octanol–water partition coefficient (Wildman–Crippen LogP) is 3.41. The first-order chi connectivity index (χ1) is 9.63. The van der Waals surface area contributed by atoms with Crippen molar-refractivity contribution in [2.75, 3.05) is 11.9 Å². The summed E-state index contributed by atoms with van der Waals surface area (Å²) in [6.45, 7) is 2.43. The fourth-order valence-corrected chi connectivity index (χ4v) is 1.87. The Morgan fingerprint density at radius 1 is 1.20 bits per heavy atom. The number of benzene rings is 1. The Morgan fingerprint density at radius 2 is 1.95 bits per heavy atom. The summed E-state index contributed by atoms with van der Waals surface area (Å²) >= 11 is 5.81. The van der Waals surface area contributed by atoms with E-state index in [1.54, 1.807) is 6.07 Å². The van der Waals surface area contributed by atoms with E-state index in [9.17, 15) is 4.79 Å². The Hall–Kier alpha value is -2.07. The van der Waals surface area contributed by atoms with E-state index in [1.807, 2.05) is 43.3 Å². The molecule has 5 heteroatoms. The number of rotatable bonds is 4. The van der Waals surface area contributed by atoms with Crippen molar-refractivity contribution in [1.29, 1.82) is 0 Å². The van der Waals surface area contributed by atoms with Crippen LogP contribution in [0, 0.1) is 6.92 Å². The van der Waals surface area contributed by atoms with Gasteiger partial charge in [-0.3, -0.25) is 5.32 Å². The van der Waals surface area contributed by atoms with E-state index in [0.717, 1.165) is 17.7 Å². The van der Waals surface area contributed by atoms with E-state index >= 15 is 0 Å². The number of aromatic nitrogens is 1. The first-order valence-corrected chi connectivity index (χ1v) is 6.74. The second-order valence-corrected chi connectivity index (χ2v) is 4.86. The van der Waals surface area contributed by atoms with Gasteiger partial charge in [0, 0.05) is 17.3 Å². The first kappa shape index (κ1) is 14.3. The predicted molar refractivity (Wildman–Crippen MR) is 81.2 cm³/mol. The lowest BCUT2D eigenvalue weighted by molar-refractivity contribution is 0.252. The molecule has 0 aliphatic rings. The highest BCUT2D eigenvalue weighted by Gasteiger charge is 2.02. The molecule has 4 nitrogen and oxygen atoms in total. The third-order valence-electron chi connectivity index (χ3n) is 2.74. The number of urea groups is 1. The number of pyridine rings is 1. The van der Waals surface area contributed by atoms with Crippen LogP contribution in [0.15, 0.2) is 42.5 Å². The van der Waals surface area contributed by atoms with Gasteiger partial charge in [-0.1, -0.05) is 29.8 Å². The van der Waals surface area contributed by atoms with Crippen molar-refractivity contribution < 1.29 is 4.79 Å². The summed E-state index contributed by atoms with van der Waals surface area (Å²) in [4.78, 5) is 15.9. The lowest BCUT2D eigenvalue weighted by Crippen LogP contribution is -2.30. The zero-order valence-corrected chi connectivity index (χ0v) is 11.9. The molecule has 0 unspecified atom stereocenters. The number of amides is 2. The molecule has 0 atom stereocenters. The van der Waals surface area contributed by atoms with Gasteiger partial charge < -0.3 is 5.32 Å². The maximum Gasteiger partial charge on any atom is 0.320 e. The van der Waals surface area contributed by atoms with E-state index in [2.05, 4.69) is 15.6 Å². The molecule has 2 N–H and O–H groups in total. The van der Waals surface area contributed by atoms with Gasteiger partial charge in [-0.05, 0) is 43.2 Å². The van der Waals surface area contributed by atoms with E-state index in [4.69, 9.17) is 11.6 Å². The number of aryl methyl sites for hydroxylation is 1. The molecule has 0 aliphatic heterocycles. The van der Waals surface area contributed by atoms with Gasteiger partial charge in [-0.2, -0.15) is 0 Å². The number of nitrogens with one attached hydrogen (secondary N) is 2. The maximum atomic E-state index is 11.7. The largest absolute Gasteiger partial charge is 0.337 e. The third kappa shape index (κ3) is 4.55. The van der Waals surface area contributed by atoms with Gasteiger partial charge in [-0.15, -0.1) is 0 Å². The maximum absolute atomic E-state index is 11.7. The second-order valence-electron chi connectivity index (χ2n) is 4.42. The van der Waals surface area contributed by atoms with Crippen molar-refractivity contribution in [2.24, 2.45) is 0 Å². The quantitative estimate of drug-likeness (QED) is 0.906. The molecule has 0 saturated heterocycles. The summed E-state index contributed by atoms with van der Waals surface area (Å²) in [5.41, 5.74) is 1.99. The highest BCUT2D eigenvalue weighted by molar-refractivity contribution is 6.30. The third-order valence-corrected chi connectivity index (χ3v) is 2.99. The average molecular weight is 290 g/mol. The van der Waals surface area contributed by atoms with Gasteiger partial charge in [0.05, 0.1) is 0 Å². The molecule has 2 aromatic rings. The van der Waals surface area contributed by atoms with Crippen LogP contribution in [0.5, 0.6) is 0 Å². The second kappa shape index (κ2) is 6.91. The Kier molecular flexibility index (Phi) is 4.96. The number of carbonyl (C=O) groups is 1. The number of hydrogen-bond acceptors (Lipinski definition) is 2. The van der Waals surface area contributed by atoms with Crippen molar-refractivity contribution >= 4 is 23.4 Å². The highest BCUT2D eigenvalue weighted by Crippen LogP contribution is 2.09. The molecule has 2 rings (SSSR count). The molecule has 2 amide bonds. The number of halogens is 1. The average Bonchev–Trinajstić information content (AvgIpc) is 2.41. The molecular formula is C15H16ClN3O. The summed E-state index contributed by atoms with van der Waals surface area (Å²) in [6.07, 6.45) is 0.756. The van der Waals surface area contributed by atoms with Crippen molar-refractivity contribution in [1.82, 2.24) is 10.3 Å². The lowest BCUT2D eigenvalue weighted by atomic mass is 10.1. The summed E-state index contributed by atoms with van der Waals surface area (Å²) in [5, 5.41) is 6.20. The fourth-order valence-electron chi connectivity index (χ4n) is 1.74. The van der Waals surface area contributed by atoms with Crippen LogP contribution >= 0.6 is 11.6 Å². The monoisotopic (exact) mass is 289 g/mol. The Morgan fingerprint density at radius 3 is 2.65 bits per heavy atom. The Bertz CT molecular complexity index is 584. The molecule has 0 spiro atoms. The molecule has 1 aromatic carbocycles. The minimum Gasteiger partial charge on any atom is -0.337 e. The smallest absolute Gasteiger partial charge is 0.320 e. The molecular weight excluding hydrogens is 274 g/mol. The van der Waals surface area contributed by atoms with Gasteiger partial charge in [0.2, 0.25) is 0 Å². The SMILES string of the molecule is Cc1cccc(NC(=O)NCCc2ccc(Cl)cc2)n1. The highest BCUT2D eigenvalue weighted by atomic mass is 35.5. The number of anilines is 1. The van der Waals surface area contributed by atoms with Gasteiger partial charge in [-0.25, -0.2) is 9.78 Å². The van der Waals surface area contributed by atoms with E-state index in [-0.39, 0.29) is 6.03 Å². The van der Waals surface area contributed by atoms with Gasteiger partial charge >= 0.3 is 6.03 Å². The van der Waals surface area contributed by atoms with Crippen LogP contribution in [0.2, 0.25) is 5.02 Å². The van der Waals surface area contributed by atoms with Gasteiger partial charge in [0.15, 0.2) is 0 Å². The molecule has 0 saturated carbocycles. The molecule has 1 heterocycles. The van der Waals surface area contributed by atoms with Crippen LogP contribution in [0.25, 0.3) is 0 Å². The van der Waals surface area contributed by atoms with Crippen molar-refractivity contribution in [2.45, 2.75) is 13.3 Å². The molecule has 20 heavy (non-hydrogen) atoms. The first-order valence-electron chi connectivity index (χ1n) is 6.36. The van der Waals surface area contributed by atoms with Gasteiger partial charge in [0.1, 0.15) is 5.82 Å². The van der Waals surface area contributed by atoms with Crippen LogP contribution in [0.4, 0.5) is 10.6 Å². The minimum atomic E-state index is -0.253. The molecule has 104 valence electrons. The zero-order valence-electron chi connectivity index (χ0n) is 11.2. The fraction of sp³-hybridized carbons (Fsp3) is 0.200. The number of nitrogens with zero attached hydrogens (tertiary/aromatic N) is 1. The summed E-state index contributed by atoms with van der Waals surface area (Å²) in [5.74, 6) is 0.550. The van der Waals surface area contributed by atoms with Crippen LogP contribution in [-0.2, 0) is 6.42 Å². The van der Waals surface area contributed by atoms with E-state index < -0.39 is 0 Å². The summed E-state index contributed by atoms with van der Waals surface area (Å²) < 4.78 is 0. The Labute approximate surface area is 123 Å². The van der Waals surface area contributed by atoms with Gasteiger partial charge in [0.25, 0.3) is 0 Å². The molecule has 1 aromatic heterocycles. The standard InChI is InChI=1S/C15H16ClN3O/c1-11-3-2-4-14(18-11)19-15(20)17-10-9-12-5-7-13(16)8-6-12/h2-8H,9-10H2,1H3,(H2,17,18,19,20). The van der Waals surface area contributed by atoms with Crippen molar-refractivity contribution in [3.8, 4) is 0 Å². The lowest BCUT2D eigenvalue weighted by Gasteiger charge is -2.07. The topological polar surface area (TPSA) is 54.0 Å². The molecule has 0 aliphatic carbocycles. The zero-order chi connectivity index (χ0) is 14.4. The molecule has 0 radical (unpaired) electrons. The van der Waals surface area contributed by atoms with Crippen LogP contribution in [0.3, 0.4) is 0 Å². The van der Waals surface area contributed by atoms with Crippen LogP contribution in [0.1, 0.15) is 11.3 Å². The Balaban J connectivity index is 1.76. The van der Waals surface area contributed by atoms with Crippen molar-refractivity contribution in [3.63, 3.8) is 0 Å². The number of hydrogen-bond donors (Lipinski definition) is 2. The summed E-state index contributed by atoms with van der Waals surface area (Å²) in [7, 11) is 0. The van der Waals surface area contributed by atoms with E-state index in [1.165, 1.54) is 0 Å². The van der Waals surface area contributed by atoms with E-state index in [0.29, 0.717) is 17.4 Å².